The number of likely N-dealkylation sites (tertiary alicyclic amines) is 1. The normalized spacial score (nSPS) is 18.2. The van der Waals surface area contributed by atoms with Crippen molar-refractivity contribution in [1.29, 1.82) is 0 Å². The van der Waals surface area contributed by atoms with Crippen molar-refractivity contribution >= 4 is 23.5 Å². The predicted molar refractivity (Wildman–Crippen MR) is 115 cm³/mol. The number of hydrogen-bond acceptors (Lipinski definition) is 5. The first-order chi connectivity index (χ1) is 15.1. The Balaban J connectivity index is 1.49. The van der Waals surface area contributed by atoms with E-state index in [4.69, 9.17) is 9.47 Å². The molecule has 7 heteroatoms. The standard InChI is InChI=1S/C24H26N2O5/c1-2-30-24(29)19-9-6-12-25(15-19)23(28)18-8-5-7-17(13-18)14-26-20-10-3-4-11-21(20)31-16-22(26)27/h3-5,7-8,10-11,13,19H,2,6,9,12,14-16H2,1H3. The Morgan fingerprint density at radius 2 is 2.00 bits per heavy atom. The van der Waals surface area contributed by atoms with Crippen molar-refractivity contribution in [3.8, 4) is 5.75 Å². The zero-order chi connectivity index (χ0) is 21.8. The summed E-state index contributed by atoms with van der Waals surface area (Å²) in [6.45, 7) is 3.47. The molecule has 4 rings (SSSR count). The van der Waals surface area contributed by atoms with E-state index >= 15 is 0 Å². The number of carbonyl (C=O) groups is 3. The van der Waals surface area contributed by atoms with Gasteiger partial charge in [-0.1, -0.05) is 24.3 Å². The third-order valence-electron chi connectivity index (χ3n) is 5.65. The van der Waals surface area contributed by atoms with Gasteiger partial charge in [0, 0.05) is 18.7 Å². The van der Waals surface area contributed by atoms with Crippen LogP contribution < -0.4 is 9.64 Å². The van der Waals surface area contributed by atoms with Gasteiger partial charge < -0.3 is 19.3 Å². The van der Waals surface area contributed by atoms with Crippen molar-refractivity contribution in [1.82, 2.24) is 4.90 Å². The maximum atomic E-state index is 13.1. The molecule has 2 aromatic rings. The third kappa shape index (κ3) is 4.55. The minimum atomic E-state index is -0.275. The molecule has 1 atom stereocenters. The van der Waals surface area contributed by atoms with E-state index in [2.05, 4.69) is 0 Å². The summed E-state index contributed by atoms with van der Waals surface area (Å²) in [5.74, 6) is -0.0671. The van der Waals surface area contributed by atoms with Gasteiger partial charge in [-0.15, -0.1) is 0 Å². The molecule has 7 nitrogen and oxygen atoms in total. The van der Waals surface area contributed by atoms with E-state index < -0.39 is 0 Å². The lowest BCUT2D eigenvalue weighted by Crippen LogP contribution is -2.43. The van der Waals surface area contributed by atoms with Crippen LogP contribution in [0.4, 0.5) is 5.69 Å². The van der Waals surface area contributed by atoms with E-state index in [0.717, 1.165) is 24.1 Å². The summed E-state index contributed by atoms with van der Waals surface area (Å²) in [4.78, 5) is 41.1. The minimum Gasteiger partial charge on any atom is -0.482 e. The predicted octanol–water partition coefficient (Wildman–Crippen LogP) is 3.03. The molecule has 1 saturated heterocycles. The van der Waals surface area contributed by atoms with E-state index in [0.29, 0.717) is 37.6 Å². The molecule has 0 radical (unpaired) electrons. The van der Waals surface area contributed by atoms with Crippen molar-refractivity contribution in [2.75, 3.05) is 31.2 Å². The highest BCUT2D eigenvalue weighted by atomic mass is 16.5. The second-order valence-corrected chi connectivity index (χ2v) is 7.78. The molecule has 0 N–H and O–H groups in total. The number of amides is 2. The first-order valence-corrected chi connectivity index (χ1v) is 10.6. The molecule has 2 aromatic carbocycles. The van der Waals surface area contributed by atoms with E-state index in [1.165, 1.54) is 0 Å². The fraction of sp³-hybridized carbons (Fsp3) is 0.375. The number of esters is 1. The lowest BCUT2D eigenvalue weighted by molar-refractivity contribution is -0.149. The van der Waals surface area contributed by atoms with Gasteiger partial charge in [0.25, 0.3) is 11.8 Å². The van der Waals surface area contributed by atoms with Crippen LogP contribution in [0.5, 0.6) is 5.75 Å². The van der Waals surface area contributed by atoms with Crippen molar-refractivity contribution in [3.05, 3.63) is 59.7 Å². The molecule has 1 unspecified atom stereocenters. The van der Waals surface area contributed by atoms with Gasteiger partial charge in [0.15, 0.2) is 6.61 Å². The lowest BCUT2D eigenvalue weighted by atomic mass is 9.97. The van der Waals surface area contributed by atoms with Gasteiger partial charge in [0.05, 0.1) is 24.8 Å². The first-order valence-electron chi connectivity index (χ1n) is 10.6. The molecule has 0 aliphatic carbocycles. The van der Waals surface area contributed by atoms with Crippen LogP contribution in [0.2, 0.25) is 0 Å². The number of anilines is 1. The molecule has 2 aliphatic heterocycles. The van der Waals surface area contributed by atoms with Crippen molar-refractivity contribution in [3.63, 3.8) is 0 Å². The summed E-state index contributed by atoms with van der Waals surface area (Å²) in [7, 11) is 0. The smallest absolute Gasteiger partial charge is 0.310 e. The number of fused-ring (bicyclic) bond motifs is 1. The lowest BCUT2D eigenvalue weighted by Gasteiger charge is -2.32. The molecule has 2 aliphatic rings. The number of nitrogens with zero attached hydrogens (tertiary/aromatic N) is 2. The summed E-state index contributed by atoms with van der Waals surface area (Å²) in [5, 5.41) is 0. The zero-order valence-electron chi connectivity index (χ0n) is 17.6. The molecule has 2 heterocycles. The fourth-order valence-corrected chi connectivity index (χ4v) is 4.11. The molecule has 2 amide bonds. The first kappa shape index (κ1) is 20.9. The molecular formula is C24H26N2O5. The monoisotopic (exact) mass is 422 g/mol. The maximum absolute atomic E-state index is 13.1. The molecule has 0 spiro atoms. The van der Waals surface area contributed by atoms with E-state index in [-0.39, 0.29) is 30.3 Å². The summed E-state index contributed by atoms with van der Waals surface area (Å²) < 4.78 is 10.6. The molecule has 0 aromatic heterocycles. The summed E-state index contributed by atoms with van der Waals surface area (Å²) in [5.41, 5.74) is 2.13. The maximum Gasteiger partial charge on any atom is 0.310 e. The Kier molecular flexibility index (Phi) is 6.21. The van der Waals surface area contributed by atoms with E-state index in [9.17, 15) is 14.4 Å². The Morgan fingerprint density at radius 3 is 2.84 bits per heavy atom. The van der Waals surface area contributed by atoms with Gasteiger partial charge in [0.1, 0.15) is 5.75 Å². The van der Waals surface area contributed by atoms with Gasteiger partial charge in [-0.2, -0.15) is 0 Å². The van der Waals surface area contributed by atoms with Crippen LogP contribution >= 0.6 is 0 Å². The second-order valence-electron chi connectivity index (χ2n) is 7.78. The van der Waals surface area contributed by atoms with Crippen LogP contribution in [0.1, 0.15) is 35.7 Å². The van der Waals surface area contributed by atoms with Crippen LogP contribution in [0.3, 0.4) is 0 Å². The number of rotatable bonds is 5. The molecule has 31 heavy (non-hydrogen) atoms. The quantitative estimate of drug-likeness (QED) is 0.693. The highest BCUT2D eigenvalue weighted by Crippen LogP contribution is 2.32. The van der Waals surface area contributed by atoms with Gasteiger partial charge in [-0.25, -0.2) is 0 Å². The molecular weight excluding hydrogens is 396 g/mol. The highest BCUT2D eigenvalue weighted by Gasteiger charge is 2.30. The number of piperidine rings is 1. The third-order valence-corrected chi connectivity index (χ3v) is 5.65. The van der Waals surface area contributed by atoms with Crippen molar-refractivity contribution in [2.24, 2.45) is 5.92 Å². The summed E-state index contributed by atoms with van der Waals surface area (Å²) >= 11 is 0. The van der Waals surface area contributed by atoms with Crippen LogP contribution in [0.25, 0.3) is 0 Å². The minimum absolute atomic E-state index is 0.00133. The van der Waals surface area contributed by atoms with Crippen LogP contribution in [0.15, 0.2) is 48.5 Å². The average Bonchev–Trinajstić information content (AvgIpc) is 2.81. The van der Waals surface area contributed by atoms with Crippen molar-refractivity contribution in [2.45, 2.75) is 26.3 Å². The molecule has 0 saturated carbocycles. The van der Waals surface area contributed by atoms with Gasteiger partial charge in [-0.05, 0) is 49.6 Å². The Hall–Kier alpha value is -3.35. The Labute approximate surface area is 181 Å². The Bertz CT molecular complexity index is 989. The van der Waals surface area contributed by atoms with Crippen molar-refractivity contribution < 1.29 is 23.9 Å². The molecule has 0 bridgehead atoms. The van der Waals surface area contributed by atoms with Gasteiger partial charge in [-0.3, -0.25) is 14.4 Å². The second kappa shape index (κ2) is 9.20. The molecule has 1 fully saturated rings. The highest BCUT2D eigenvalue weighted by molar-refractivity contribution is 5.98. The zero-order valence-corrected chi connectivity index (χ0v) is 17.6. The van der Waals surface area contributed by atoms with Gasteiger partial charge in [0.2, 0.25) is 0 Å². The number of ether oxygens (including phenoxy) is 2. The molecule has 162 valence electrons. The summed E-state index contributed by atoms with van der Waals surface area (Å²) in [6.07, 6.45) is 1.51. The number of benzene rings is 2. The number of hydrogen-bond donors (Lipinski definition) is 0. The largest absolute Gasteiger partial charge is 0.482 e. The van der Waals surface area contributed by atoms with Crippen LogP contribution in [-0.2, 0) is 20.9 Å². The topological polar surface area (TPSA) is 76.2 Å². The van der Waals surface area contributed by atoms with E-state index in [1.54, 1.807) is 22.8 Å². The van der Waals surface area contributed by atoms with E-state index in [1.807, 2.05) is 42.5 Å². The SMILES string of the molecule is CCOC(=O)C1CCCN(C(=O)c2cccc(CN3C(=O)COc4ccccc43)c2)C1. The van der Waals surface area contributed by atoms with Crippen LogP contribution in [0, 0.1) is 5.92 Å². The Morgan fingerprint density at radius 1 is 1.16 bits per heavy atom. The number of carbonyl (C=O) groups excluding carboxylic acids is 3. The van der Waals surface area contributed by atoms with Crippen LogP contribution in [-0.4, -0.2) is 49.0 Å². The fourth-order valence-electron chi connectivity index (χ4n) is 4.11. The summed E-state index contributed by atoms with van der Waals surface area (Å²) in [6, 6.07) is 14.7. The average molecular weight is 422 g/mol. The van der Waals surface area contributed by atoms with Gasteiger partial charge >= 0.3 is 5.97 Å². The number of para-hydroxylation sites is 2.